The van der Waals surface area contributed by atoms with Crippen LogP contribution in [0.3, 0.4) is 0 Å². The van der Waals surface area contributed by atoms with Crippen LogP contribution in [0.5, 0.6) is 0 Å². The molecule has 1 aromatic heterocycles. The summed E-state index contributed by atoms with van der Waals surface area (Å²) in [5.74, 6) is 0.333. The third-order valence-electron chi connectivity index (χ3n) is 4.10. The summed E-state index contributed by atoms with van der Waals surface area (Å²) in [5, 5.41) is 7.53. The van der Waals surface area contributed by atoms with Crippen LogP contribution in [0, 0.1) is 5.92 Å². The second-order valence-corrected chi connectivity index (χ2v) is 7.72. The number of carbonyl (C=O) groups is 2. The van der Waals surface area contributed by atoms with Gasteiger partial charge in [-0.1, -0.05) is 58.0 Å². The average Bonchev–Trinajstić information content (AvgIpc) is 3.12. The molecule has 0 radical (unpaired) electrons. The summed E-state index contributed by atoms with van der Waals surface area (Å²) in [4.78, 5) is 24.8. The van der Waals surface area contributed by atoms with Crippen molar-refractivity contribution in [2.45, 2.75) is 39.7 Å². The van der Waals surface area contributed by atoms with Crippen LogP contribution < -0.4 is 10.6 Å². The van der Waals surface area contributed by atoms with Crippen LogP contribution in [0.15, 0.2) is 41.8 Å². The molecule has 0 fully saturated rings. The lowest BCUT2D eigenvalue weighted by Crippen LogP contribution is -2.39. The fourth-order valence-electron chi connectivity index (χ4n) is 2.60. The van der Waals surface area contributed by atoms with Crippen LogP contribution >= 0.6 is 11.3 Å². The van der Waals surface area contributed by atoms with Gasteiger partial charge in [0.15, 0.2) is 0 Å². The zero-order valence-corrected chi connectivity index (χ0v) is 16.0. The highest BCUT2D eigenvalue weighted by Gasteiger charge is 2.19. The third kappa shape index (κ3) is 5.43. The maximum Gasteiger partial charge on any atom is 0.261 e. The first kappa shape index (κ1) is 19.2. The van der Waals surface area contributed by atoms with Gasteiger partial charge in [0, 0.05) is 0 Å². The van der Waals surface area contributed by atoms with Crippen molar-refractivity contribution in [1.29, 1.82) is 0 Å². The molecule has 1 aromatic carbocycles. The molecule has 4 nitrogen and oxygen atoms in total. The van der Waals surface area contributed by atoms with Crippen LogP contribution in [0.25, 0.3) is 0 Å². The maximum absolute atomic E-state index is 12.3. The lowest BCUT2D eigenvalue weighted by atomic mass is 9.93. The molecule has 0 bridgehead atoms. The summed E-state index contributed by atoms with van der Waals surface area (Å²) in [6.07, 6.45) is 0. The van der Waals surface area contributed by atoms with Gasteiger partial charge in [-0.2, -0.15) is 0 Å². The number of hydrogen-bond donors (Lipinski definition) is 2. The minimum atomic E-state index is -0.215. The lowest BCUT2D eigenvalue weighted by molar-refractivity contribution is -0.121. The van der Waals surface area contributed by atoms with E-state index >= 15 is 0 Å². The zero-order valence-electron chi connectivity index (χ0n) is 15.2. The minimum Gasteiger partial charge on any atom is -0.348 e. The van der Waals surface area contributed by atoms with E-state index < -0.39 is 0 Å². The molecule has 2 rings (SSSR count). The van der Waals surface area contributed by atoms with Crippen LogP contribution in [0.2, 0.25) is 0 Å². The van der Waals surface area contributed by atoms with Gasteiger partial charge in [0.1, 0.15) is 0 Å². The van der Waals surface area contributed by atoms with Crippen LogP contribution in [-0.4, -0.2) is 18.4 Å². The van der Waals surface area contributed by atoms with Crippen molar-refractivity contribution < 1.29 is 9.59 Å². The molecule has 0 spiro atoms. The zero-order chi connectivity index (χ0) is 18.4. The third-order valence-corrected chi connectivity index (χ3v) is 4.97. The Bertz CT molecular complexity index is 691. The largest absolute Gasteiger partial charge is 0.348 e. The Kier molecular flexibility index (Phi) is 6.76. The van der Waals surface area contributed by atoms with Gasteiger partial charge in [0.2, 0.25) is 5.91 Å². The van der Waals surface area contributed by atoms with E-state index in [0.29, 0.717) is 10.8 Å². The second-order valence-electron chi connectivity index (χ2n) is 6.77. The maximum atomic E-state index is 12.3. The number of nitrogens with one attached hydrogen (secondary N) is 2. The normalized spacial score (nSPS) is 12.2. The fourth-order valence-corrected chi connectivity index (χ4v) is 3.24. The quantitative estimate of drug-likeness (QED) is 0.782. The molecule has 2 N–H and O–H groups in total. The van der Waals surface area contributed by atoms with E-state index in [4.69, 9.17) is 0 Å². The first-order valence-electron chi connectivity index (χ1n) is 8.59. The topological polar surface area (TPSA) is 58.2 Å². The molecule has 0 aliphatic heterocycles. The molecule has 2 amide bonds. The first-order valence-corrected chi connectivity index (χ1v) is 9.47. The summed E-state index contributed by atoms with van der Waals surface area (Å²) in [5.41, 5.74) is 2.36. The molecular formula is C20H26N2O2S. The molecule has 5 heteroatoms. The summed E-state index contributed by atoms with van der Waals surface area (Å²) < 4.78 is 0. The number of amides is 2. The number of thiophene rings is 1. The van der Waals surface area contributed by atoms with Crippen molar-refractivity contribution >= 4 is 23.2 Å². The van der Waals surface area contributed by atoms with Crippen LogP contribution in [-0.2, 0) is 4.79 Å². The van der Waals surface area contributed by atoms with E-state index in [2.05, 4.69) is 62.6 Å². The molecular weight excluding hydrogens is 332 g/mol. The highest BCUT2D eigenvalue weighted by Crippen LogP contribution is 2.24. The highest BCUT2D eigenvalue weighted by atomic mass is 32.1. The Hall–Kier alpha value is -2.14. The molecule has 1 heterocycles. The number of hydrogen-bond acceptors (Lipinski definition) is 3. The van der Waals surface area contributed by atoms with E-state index in [1.165, 1.54) is 16.9 Å². The van der Waals surface area contributed by atoms with Crippen LogP contribution in [0.4, 0.5) is 0 Å². The predicted octanol–water partition coefficient (Wildman–Crippen LogP) is 4.11. The van der Waals surface area contributed by atoms with E-state index in [1.54, 1.807) is 6.07 Å². The molecule has 0 aliphatic rings. The molecule has 0 saturated heterocycles. The molecule has 2 aromatic rings. The van der Waals surface area contributed by atoms with E-state index in [1.807, 2.05) is 11.4 Å². The molecule has 1 unspecified atom stereocenters. The summed E-state index contributed by atoms with van der Waals surface area (Å²) in [6.45, 7) is 8.45. The standard InChI is InChI=1S/C20H26N2O2S/c1-13(2)15-7-9-16(10-8-15)19(14(3)4)22-18(23)12-21-20(24)17-6-5-11-25-17/h5-11,13-14,19H,12H2,1-4H3,(H,21,24)(H,22,23). The van der Waals surface area contributed by atoms with Crippen molar-refractivity contribution in [3.05, 3.63) is 57.8 Å². The Morgan fingerprint density at radius 3 is 2.16 bits per heavy atom. The smallest absolute Gasteiger partial charge is 0.261 e. The molecule has 0 saturated carbocycles. The average molecular weight is 359 g/mol. The Morgan fingerprint density at radius 2 is 1.64 bits per heavy atom. The van der Waals surface area contributed by atoms with Crippen molar-refractivity contribution in [3.63, 3.8) is 0 Å². The van der Waals surface area contributed by atoms with E-state index in [9.17, 15) is 9.59 Å². The fraction of sp³-hybridized carbons (Fsp3) is 0.400. The van der Waals surface area contributed by atoms with Gasteiger partial charge in [0.05, 0.1) is 17.5 Å². The lowest BCUT2D eigenvalue weighted by Gasteiger charge is -2.23. The van der Waals surface area contributed by atoms with Crippen molar-refractivity contribution in [2.75, 3.05) is 6.54 Å². The Morgan fingerprint density at radius 1 is 1.00 bits per heavy atom. The predicted molar refractivity (Wildman–Crippen MR) is 103 cm³/mol. The van der Waals surface area contributed by atoms with Gasteiger partial charge in [-0.3, -0.25) is 9.59 Å². The van der Waals surface area contributed by atoms with E-state index in [-0.39, 0.29) is 30.3 Å². The monoisotopic (exact) mass is 358 g/mol. The summed E-state index contributed by atoms with van der Waals surface area (Å²) in [7, 11) is 0. The Balaban J connectivity index is 1.96. The second kappa shape index (κ2) is 8.81. The van der Waals surface area contributed by atoms with Gasteiger partial charge >= 0.3 is 0 Å². The van der Waals surface area contributed by atoms with Crippen molar-refractivity contribution in [1.82, 2.24) is 10.6 Å². The van der Waals surface area contributed by atoms with Gasteiger partial charge in [-0.15, -0.1) is 11.3 Å². The van der Waals surface area contributed by atoms with Gasteiger partial charge < -0.3 is 10.6 Å². The van der Waals surface area contributed by atoms with Gasteiger partial charge in [0.25, 0.3) is 5.91 Å². The van der Waals surface area contributed by atoms with E-state index in [0.717, 1.165) is 5.56 Å². The van der Waals surface area contributed by atoms with Gasteiger partial charge in [-0.05, 0) is 34.4 Å². The summed E-state index contributed by atoms with van der Waals surface area (Å²) >= 11 is 1.36. The van der Waals surface area contributed by atoms with Crippen LogP contribution in [0.1, 0.15) is 60.5 Å². The van der Waals surface area contributed by atoms with Gasteiger partial charge in [-0.25, -0.2) is 0 Å². The number of rotatable bonds is 7. The van der Waals surface area contributed by atoms with Crippen molar-refractivity contribution in [3.8, 4) is 0 Å². The first-order chi connectivity index (χ1) is 11.9. The number of carbonyl (C=O) groups excluding carboxylic acids is 2. The van der Waals surface area contributed by atoms with Crippen molar-refractivity contribution in [2.24, 2.45) is 5.92 Å². The Labute approximate surface area is 153 Å². The molecule has 134 valence electrons. The molecule has 1 atom stereocenters. The SMILES string of the molecule is CC(C)c1ccc(C(NC(=O)CNC(=O)c2cccs2)C(C)C)cc1. The number of benzene rings is 1. The molecule has 0 aliphatic carbocycles. The minimum absolute atomic E-state index is 0.0238. The summed E-state index contributed by atoms with van der Waals surface area (Å²) in [6, 6.07) is 11.8. The highest BCUT2D eigenvalue weighted by molar-refractivity contribution is 7.12. The molecule has 25 heavy (non-hydrogen) atoms.